The van der Waals surface area contributed by atoms with Crippen LogP contribution in [-0.2, 0) is 16.2 Å². The highest BCUT2D eigenvalue weighted by Gasteiger charge is 2.34. The molecule has 0 N–H and O–H groups in total. The summed E-state index contributed by atoms with van der Waals surface area (Å²) in [5, 5.41) is 0.376. The van der Waals surface area contributed by atoms with Crippen LogP contribution in [0.1, 0.15) is 24.5 Å². The second-order valence-electron chi connectivity index (χ2n) is 3.86. The fraction of sp³-hybridized carbons (Fsp3) is 0.538. The fourth-order valence-corrected chi connectivity index (χ4v) is 1.84. The highest BCUT2D eigenvalue weighted by Crippen LogP contribution is 2.37. The number of hydrogen-bond donors (Lipinski definition) is 0. The summed E-state index contributed by atoms with van der Waals surface area (Å²) in [5.74, 6) is -0.131. The second-order valence-corrected chi connectivity index (χ2v) is 4.42. The average Bonchev–Trinajstić information content (AvgIpc) is 2.37. The van der Waals surface area contributed by atoms with Gasteiger partial charge in [0.25, 0.3) is 0 Å². The van der Waals surface area contributed by atoms with Gasteiger partial charge in [-0.1, -0.05) is 22.0 Å². The Kier molecular flexibility index (Phi) is 6.65. The first kappa shape index (κ1) is 16.3. The maximum absolute atomic E-state index is 12.9. The molecule has 1 rings (SSSR count). The minimum absolute atomic E-state index is 0.131. The Bertz CT molecular complexity index is 394. The van der Waals surface area contributed by atoms with Crippen molar-refractivity contribution in [2.24, 2.45) is 0 Å². The van der Waals surface area contributed by atoms with Gasteiger partial charge in [-0.2, -0.15) is 13.2 Å². The molecule has 0 radical (unpaired) electrons. The van der Waals surface area contributed by atoms with Gasteiger partial charge < -0.3 is 9.47 Å². The van der Waals surface area contributed by atoms with E-state index < -0.39 is 11.7 Å². The van der Waals surface area contributed by atoms with Gasteiger partial charge in [0.1, 0.15) is 5.75 Å². The molecule has 0 fully saturated rings. The number of benzene rings is 1. The molecule has 0 saturated carbocycles. The van der Waals surface area contributed by atoms with Crippen molar-refractivity contribution in [3.8, 4) is 5.75 Å². The van der Waals surface area contributed by atoms with Crippen molar-refractivity contribution in [1.82, 2.24) is 0 Å². The lowest BCUT2D eigenvalue weighted by atomic mass is 10.1. The minimum Gasteiger partial charge on any atom is -0.493 e. The summed E-state index contributed by atoms with van der Waals surface area (Å²) in [6.45, 7) is 3.14. The molecule has 0 aromatic heterocycles. The highest BCUT2D eigenvalue weighted by atomic mass is 79.9. The van der Waals surface area contributed by atoms with Gasteiger partial charge in [0, 0.05) is 25.0 Å². The van der Waals surface area contributed by atoms with E-state index in [1.54, 1.807) is 6.07 Å². The quantitative estimate of drug-likeness (QED) is 0.540. The zero-order valence-electron chi connectivity index (χ0n) is 10.6. The van der Waals surface area contributed by atoms with Gasteiger partial charge in [-0.25, -0.2) is 0 Å². The summed E-state index contributed by atoms with van der Waals surface area (Å²) in [4.78, 5) is 0. The molecule has 0 unspecified atom stereocenters. The van der Waals surface area contributed by atoms with Gasteiger partial charge in [0.2, 0.25) is 0 Å². The van der Waals surface area contributed by atoms with E-state index in [1.165, 1.54) is 6.07 Å². The van der Waals surface area contributed by atoms with Gasteiger partial charge in [0.05, 0.1) is 12.2 Å². The van der Waals surface area contributed by atoms with Crippen LogP contribution in [-0.4, -0.2) is 19.8 Å². The van der Waals surface area contributed by atoms with Crippen LogP contribution in [0.4, 0.5) is 13.2 Å². The molecule has 19 heavy (non-hydrogen) atoms. The first-order valence-electron chi connectivity index (χ1n) is 5.95. The first-order valence-corrected chi connectivity index (χ1v) is 7.07. The first-order chi connectivity index (χ1) is 8.99. The third-order valence-electron chi connectivity index (χ3n) is 2.40. The number of ether oxygens (including phenoxy) is 2. The number of alkyl halides is 4. The SMILES string of the molecule is CCOCCCOc1ccc(CBr)cc1C(F)(F)F. The molecule has 0 aliphatic rings. The zero-order chi connectivity index (χ0) is 14.3. The predicted molar refractivity (Wildman–Crippen MR) is 70.7 cm³/mol. The molecule has 1 aromatic rings. The topological polar surface area (TPSA) is 18.5 Å². The van der Waals surface area contributed by atoms with E-state index in [2.05, 4.69) is 15.9 Å². The Morgan fingerprint density at radius 3 is 2.53 bits per heavy atom. The highest BCUT2D eigenvalue weighted by molar-refractivity contribution is 9.08. The van der Waals surface area contributed by atoms with E-state index in [4.69, 9.17) is 9.47 Å². The Morgan fingerprint density at radius 1 is 1.21 bits per heavy atom. The molecular weight excluding hydrogens is 325 g/mol. The molecule has 0 aliphatic carbocycles. The third-order valence-corrected chi connectivity index (χ3v) is 3.05. The number of hydrogen-bond acceptors (Lipinski definition) is 2. The molecule has 108 valence electrons. The summed E-state index contributed by atoms with van der Waals surface area (Å²) in [6.07, 6.45) is -3.85. The van der Waals surface area contributed by atoms with Crippen molar-refractivity contribution >= 4 is 15.9 Å². The van der Waals surface area contributed by atoms with E-state index in [0.717, 1.165) is 6.07 Å². The average molecular weight is 341 g/mol. The number of rotatable bonds is 7. The molecular formula is C13H16BrF3O2. The van der Waals surface area contributed by atoms with Crippen LogP contribution in [0.3, 0.4) is 0 Å². The molecule has 0 saturated heterocycles. The molecule has 0 spiro atoms. The van der Waals surface area contributed by atoms with Crippen LogP contribution in [0.5, 0.6) is 5.75 Å². The molecule has 0 amide bonds. The van der Waals surface area contributed by atoms with E-state index >= 15 is 0 Å². The molecule has 0 atom stereocenters. The Morgan fingerprint density at radius 2 is 1.95 bits per heavy atom. The summed E-state index contributed by atoms with van der Waals surface area (Å²) < 4.78 is 48.9. The fourth-order valence-electron chi connectivity index (χ4n) is 1.50. The van der Waals surface area contributed by atoms with Crippen molar-refractivity contribution in [3.05, 3.63) is 29.3 Å². The van der Waals surface area contributed by atoms with E-state index in [0.29, 0.717) is 30.5 Å². The van der Waals surface area contributed by atoms with Crippen LogP contribution in [0.2, 0.25) is 0 Å². The second kappa shape index (κ2) is 7.75. The summed E-state index contributed by atoms with van der Waals surface area (Å²) in [5.41, 5.74) is -0.171. The normalized spacial score (nSPS) is 11.6. The van der Waals surface area contributed by atoms with Crippen LogP contribution < -0.4 is 4.74 Å². The summed E-state index contributed by atoms with van der Waals surface area (Å²) >= 11 is 3.14. The maximum Gasteiger partial charge on any atom is 0.419 e. The molecule has 6 heteroatoms. The van der Waals surface area contributed by atoms with Crippen molar-refractivity contribution in [1.29, 1.82) is 0 Å². The van der Waals surface area contributed by atoms with E-state index in [9.17, 15) is 13.2 Å². The van der Waals surface area contributed by atoms with Crippen molar-refractivity contribution in [2.45, 2.75) is 24.9 Å². The van der Waals surface area contributed by atoms with Gasteiger partial charge in [-0.15, -0.1) is 0 Å². The lowest BCUT2D eigenvalue weighted by Crippen LogP contribution is -2.11. The van der Waals surface area contributed by atoms with E-state index in [1.807, 2.05) is 6.92 Å². The predicted octanol–water partition coefficient (Wildman–Crippen LogP) is 4.41. The Balaban J connectivity index is 2.71. The smallest absolute Gasteiger partial charge is 0.419 e. The molecule has 2 nitrogen and oxygen atoms in total. The lowest BCUT2D eigenvalue weighted by molar-refractivity contribution is -0.139. The largest absolute Gasteiger partial charge is 0.493 e. The van der Waals surface area contributed by atoms with Gasteiger partial charge >= 0.3 is 6.18 Å². The molecule has 1 aromatic carbocycles. The van der Waals surface area contributed by atoms with Gasteiger partial charge in [0.15, 0.2) is 0 Å². The van der Waals surface area contributed by atoms with Crippen molar-refractivity contribution < 1.29 is 22.6 Å². The zero-order valence-corrected chi connectivity index (χ0v) is 12.2. The molecule has 0 heterocycles. The van der Waals surface area contributed by atoms with Gasteiger partial charge in [-0.3, -0.25) is 0 Å². The van der Waals surface area contributed by atoms with Crippen LogP contribution in [0.15, 0.2) is 18.2 Å². The monoisotopic (exact) mass is 340 g/mol. The number of halogens is 4. The molecule has 0 aliphatic heterocycles. The third kappa shape index (κ3) is 5.40. The van der Waals surface area contributed by atoms with Crippen LogP contribution in [0, 0.1) is 0 Å². The molecule has 0 bridgehead atoms. The van der Waals surface area contributed by atoms with Gasteiger partial charge in [-0.05, 0) is 24.6 Å². The van der Waals surface area contributed by atoms with Crippen molar-refractivity contribution in [3.63, 3.8) is 0 Å². The standard InChI is InChI=1S/C13H16BrF3O2/c1-2-18-6-3-7-19-12-5-4-10(9-14)8-11(12)13(15,16)17/h4-5,8H,2-3,6-7,9H2,1H3. The lowest BCUT2D eigenvalue weighted by Gasteiger charge is -2.15. The summed E-state index contributed by atoms with van der Waals surface area (Å²) in [6, 6.07) is 4.08. The Hall–Kier alpha value is -0.750. The van der Waals surface area contributed by atoms with Crippen LogP contribution >= 0.6 is 15.9 Å². The Labute approximate surface area is 119 Å². The van der Waals surface area contributed by atoms with Crippen molar-refractivity contribution in [2.75, 3.05) is 19.8 Å². The summed E-state index contributed by atoms with van der Waals surface area (Å²) in [7, 11) is 0. The maximum atomic E-state index is 12.9. The van der Waals surface area contributed by atoms with Crippen LogP contribution in [0.25, 0.3) is 0 Å². The minimum atomic E-state index is -4.41. The van der Waals surface area contributed by atoms with E-state index in [-0.39, 0.29) is 12.4 Å².